The van der Waals surface area contributed by atoms with Crippen LogP contribution in [-0.2, 0) is 10.5 Å². The molecule has 4 nitrogen and oxygen atoms in total. The molecule has 0 atom stereocenters. The predicted octanol–water partition coefficient (Wildman–Crippen LogP) is 1.92. The molecule has 2 fully saturated rings. The average molecular weight is 305 g/mol. The van der Waals surface area contributed by atoms with Crippen LogP contribution in [0.3, 0.4) is 0 Å². The number of rotatable bonds is 4. The largest absolute Gasteiger partial charge is 0.342 e. The van der Waals surface area contributed by atoms with E-state index in [0.29, 0.717) is 11.2 Å². The van der Waals surface area contributed by atoms with E-state index in [0.717, 1.165) is 50.5 Å². The normalized spacial score (nSPS) is 20.9. The van der Waals surface area contributed by atoms with E-state index in [9.17, 15) is 4.79 Å². The van der Waals surface area contributed by atoms with E-state index in [2.05, 4.69) is 15.2 Å². The van der Waals surface area contributed by atoms with E-state index >= 15 is 0 Å². The molecule has 0 aliphatic carbocycles. The fourth-order valence-corrected chi connectivity index (χ4v) is 4.11. The van der Waals surface area contributed by atoms with Crippen molar-refractivity contribution in [2.24, 2.45) is 5.41 Å². The van der Waals surface area contributed by atoms with Gasteiger partial charge in [-0.2, -0.15) is 0 Å². The summed E-state index contributed by atoms with van der Waals surface area (Å²) < 4.78 is 0. The summed E-state index contributed by atoms with van der Waals surface area (Å²) in [6.07, 6.45) is 5.41. The molecule has 0 aromatic carbocycles. The lowest BCUT2D eigenvalue weighted by Crippen LogP contribution is -2.44. The summed E-state index contributed by atoms with van der Waals surface area (Å²) in [6.45, 7) is 4.16. The molecular weight excluding hydrogens is 282 g/mol. The highest BCUT2D eigenvalue weighted by Gasteiger charge is 2.37. The number of aromatic nitrogens is 1. The number of carbonyl (C=O) groups excluding carboxylic acids is 1. The third-order valence-corrected chi connectivity index (χ3v) is 5.66. The number of nitrogens with one attached hydrogen (secondary N) is 1. The van der Waals surface area contributed by atoms with Crippen molar-refractivity contribution in [3.05, 3.63) is 30.1 Å². The lowest BCUT2D eigenvalue weighted by molar-refractivity contribution is -0.130. The molecular formula is C16H23N3OS. The molecule has 0 unspecified atom stereocenters. The number of hydrogen-bond donors (Lipinski definition) is 1. The molecule has 0 radical (unpaired) electrons. The Morgan fingerprint density at radius 1 is 1.33 bits per heavy atom. The van der Waals surface area contributed by atoms with Gasteiger partial charge in [-0.05, 0) is 43.4 Å². The van der Waals surface area contributed by atoms with Gasteiger partial charge in [-0.3, -0.25) is 9.78 Å². The molecule has 21 heavy (non-hydrogen) atoms. The molecule has 3 rings (SSSR count). The van der Waals surface area contributed by atoms with Crippen molar-refractivity contribution in [3.63, 3.8) is 0 Å². The number of carbonyl (C=O) groups is 1. The van der Waals surface area contributed by atoms with Gasteiger partial charge in [0.25, 0.3) is 0 Å². The number of piperidine rings is 1. The van der Waals surface area contributed by atoms with Gasteiger partial charge in [-0.15, -0.1) is 11.8 Å². The minimum absolute atomic E-state index is 0.289. The summed E-state index contributed by atoms with van der Waals surface area (Å²) in [4.78, 5) is 18.6. The van der Waals surface area contributed by atoms with Crippen LogP contribution in [0.4, 0.5) is 0 Å². The van der Waals surface area contributed by atoms with E-state index < -0.39 is 0 Å². The maximum absolute atomic E-state index is 12.3. The molecule has 1 aromatic rings. The molecule has 3 heterocycles. The van der Waals surface area contributed by atoms with Gasteiger partial charge in [-0.1, -0.05) is 6.07 Å². The van der Waals surface area contributed by atoms with Crippen LogP contribution < -0.4 is 5.32 Å². The SMILES string of the molecule is O=C(CSCc1ccccn1)N1CCC2(CCNC2)CC1. The smallest absolute Gasteiger partial charge is 0.232 e. The van der Waals surface area contributed by atoms with Crippen LogP contribution in [0, 0.1) is 5.41 Å². The second-order valence-corrected chi connectivity index (χ2v) is 7.11. The highest BCUT2D eigenvalue weighted by Crippen LogP contribution is 2.36. The van der Waals surface area contributed by atoms with Crippen molar-refractivity contribution >= 4 is 17.7 Å². The molecule has 0 saturated carbocycles. The summed E-state index contributed by atoms with van der Waals surface area (Å²) in [5.41, 5.74) is 1.53. The van der Waals surface area contributed by atoms with Crippen molar-refractivity contribution < 1.29 is 4.79 Å². The van der Waals surface area contributed by atoms with Gasteiger partial charge in [0.05, 0.1) is 11.4 Å². The van der Waals surface area contributed by atoms with Crippen LogP contribution in [-0.4, -0.2) is 47.7 Å². The summed E-state index contributed by atoms with van der Waals surface area (Å²) in [7, 11) is 0. The van der Waals surface area contributed by atoms with Gasteiger partial charge in [0.1, 0.15) is 0 Å². The first-order valence-corrected chi connectivity index (χ1v) is 8.89. The Kier molecular flexibility index (Phi) is 4.80. The van der Waals surface area contributed by atoms with Crippen LogP contribution in [0.5, 0.6) is 0 Å². The molecule has 2 saturated heterocycles. The third kappa shape index (κ3) is 3.77. The van der Waals surface area contributed by atoms with Crippen LogP contribution in [0.25, 0.3) is 0 Å². The number of pyridine rings is 1. The van der Waals surface area contributed by atoms with Gasteiger partial charge in [0, 0.05) is 31.6 Å². The zero-order valence-corrected chi connectivity index (χ0v) is 13.2. The van der Waals surface area contributed by atoms with Crippen LogP contribution in [0.15, 0.2) is 24.4 Å². The summed E-state index contributed by atoms with van der Waals surface area (Å²) in [5.74, 6) is 1.67. The summed E-state index contributed by atoms with van der Waals surface area (Å²) in [5, 5.41) is 3.46. The predicted molar refractivity (Wildman–Crippen MR) is 86.1 cm³/mol. The molecule has 1 amide bonds. The fraction of sp³-hybridized carbons (Fsp3) is 0.625. The van der Waals surface area contributed by atoms with Crippen molar-refractivity contribution in [3.8, 4) is 0 Å². The first-order chi connectivity index (χ1) is 10.3. The zero-order chi connectivity index (χ0) is 14.5. The Labute approximate surface area is 130 Å². The number of thioether (sulfide) groups is 1. The zero-order valence-electron chi connectivity index (χ0n) is 12.4. The van der Waals surface area contributed by atoms with Gasteiger partial charge in [0.2, 0.25) is 5.91 Å². The Hall–Kier alpha value is -1.07. The van der Waals surface area contributed by atoms with Crippen molar-refractivity contribution in [2.45, 2.75) is 25.0 Å². The third-order valence-electron chi connectivity index (χ3n) is 4.71. The van der Waals surface area contributed by atoms with Crippen LogP contribution in [0.2, 0.25) is 0 Å². The number of hydrogen-bond acceptors (Lipinski definition) is 4. The van der Waals surface area contributed by atoms with Crippen molar-refractivity contribution in [2.75, 3.05) is 31.9 Å². The second kappa shape index (κ2) is 6.79. The Balaban J connectivity index is 1.40. The molecule has 1 spiro atoms. The van der Waals surface area contributed by atoms with Crippen LogP contribution in [0.1, 0.15) is 25.0 Å². The first-order valence-electron chi connectivity index (χ1n) is 7.74. The van der Waals surface area contributed by atoms with Gasteiger partial charge < -0.3 is 10.2 Å². The number of amides is 1. The lowest BCUT2D eigenvalue weighted by atomic mass is 9.78. The first kappa shape index (κ1) is 14.9. The van der Waals surface area contributed by atoms with E-state index in [1.54, 1.807) is 18.0 Å². The topological polar surface area (TPSA) is 45.2 Å². The number of nitrogens with zero attached hydrogens (tertiary/aromatic N) is 2. The highest BCUT2D eigenvalue weighted by atomic mass is 32.2. The minimum Gasteiger partial charge on any atom is -0.342 e. The fourth-order valence-electron chi connectivity index (χ4n) is 3.27. The highest BCUT2D eigenvalue weighted by molar-refractivity contribution is 7.99. The van der Waals surface area contributed by atoms with Gasteiger partial charge >= 0.3 is 0 Å². The van der Waals surface area contributed by atoms with E-state index in [1.807, 2.05) is 18.2 Å². The maximum atomic E-state index is 12.3. The molecule has 2 aliphatic rings. The van der Waals surface area contributed by atoms with Gasteiger partial charge in [-0.25, -0.2) is 0 Å². The monoisotopic (exact) mass is 305 g/mol. The minimum atomic E-state index is 0.289. The van der Waals surface area contributed by atoms with E-state index in [4.69, 9.17) is 0 Å². The molecule has 0 bridgehead atoms. The molecule has 2 aliphatic heterocycles. The maximum Gasteiger partial charge on any atom is 0.232 e. The Morgan fingerprint density at radius 2 is 2.19 bits per heavy atom. The standard InChI is InChI=1S/C16H23N3OS/c20-15(12-21-11-14-3-1-2-7-18-14)19-9-5-16(6-10-19)4-8-17-13-16/h1-3,7,17H,4-6,8-13H2. The second-order valence-electron chi connectivity index (χ2n) is 6.12. The summed E-state index contributed by atoms with van der Waals surface area (Å²) in [6, 6.07) is 5.92. The Morgan fingerprint density at radius 3 is 2.86 bits per heavy atom. The van der Waals surface area contributed by atoms with Crippen molar-refractivity contribution in [1.82, 2.24) is 15.2 Å². The Bertz CT molecular complexity index is 464. The van der Waals surface area contributed by atoms with E-state index in [-0.39, 0.29) is 5.91 Å². The molecule has 1 aromatic heterocycles. The molecule has 5 heteroatoms. The average Bonchev–Trinajstić information content (AvgIpc) is 2.97. The van der Waals surface area contributed by atoms with Crippen LogP contribution >= 0.6 is 11.8 Å². The molecule has 1 N–H and O–H groups in total. The van der Waals surface area contributed by atoms with E-state index in [1.165, 1.54) is 6.42 Å². The lowest BCUT2D eigenvalue weighted by Gasteiger charge is -2.38. The molecule has 114 valence electrons. The quantitative estimate of drug-likeness (QED) is 0.923. The summed E-state index contributed by atoms with van der Waals surface area (Å²) >= 11 is 1.67. The van der Waals surface area contributed by atoms with Gasteiger partial charge in [0.15, 0.2) is 0 Å². The van der Waals surface area contributed by atoms with Crippen molar-refractivity contribution in [1.29, 1.82) is 0 Å². The number of likely N-dealkylation sites (tertiary alicyclic amines) is 1.